The minimum Gasteiger partial charge on any atom is -0.342 e. The molecule has 1 aromatic heterocycles. The number of amides is 2. The van der Waals surface area contributed by atoms with E-state index >= 15 is 0 Å². The van der Waals surface area contributed by atoms with E-state index in [1.807, 2.05) is 6.92 Å². The van der Waals surface area contributed by atoms with Gasteiger partial charge in [0.15, 0.2) is 0 Å². The first-order valence-corrected chi connectivity index (χ1v) is 10.0. The van der Waals surface area contributed by atoms with Crippen molar-refractivity contribution in [2.75, 3.05) is 11.9 Å². The Bertz CT molecular complexity index is 1070. The number of halogens is 4. The van der Waals surface area contributed by atoms with Gasteiger partial charge in [-0.15, -0.1) is 11.3 Å². The maximum atomic E-state index is 12.4. The molecular weight excluding hydrogens is 450 g/mol. The quantitative estimate of drug-likeness (QED) is 0.486. The lowest BCUT2D eigenvalue weighted by Gasteiger charge is -2.09. The summed E-state index contributed by atoms with van der Waals surface area (Å²) < 4.78 is 0.696. The number of anilines is 1. The lowest BCUT2D eigenvalue weighted by atomic mass is 10.2. The van der Waals surface area contributed by atoms with Gasteiger partial charge < -0.3 is 10.6 Å². The predicted molar refractivity (Wildman–Crippen MR) is 114 cm³/mol. The van der Waals surface area contributed by atoms with E-state index in [1.165, 1.54) is 0 Å². The number of benzene rings is 2. The second kappa shape index (κ2) is 8.25. The van der Waals surface area contributed by atoms with Crippen LogP contribution >= 0.6 is 57.7 Å². The van der Waals surface area contributed by atoms with E-state index in [9.17, 15) is 9.59 Å². The maximum absolute atomic E-state index is 12.4. The Morgan fingerprint density at radius 3 is 2.52 bits per heavy atom. The number of rotatable bonds is 4. The molecule has 0 fully saturated rings. The standard InChI is InChI=1S/C18H12Cl4N2O2S/c1-8-2-3-9(19)5-12(8)24-14(25)7-23-18(26)17-16(22)15-11(21)4-10(20)6-13(15)27-17/h2-6H,7H2,1H3,(H,23,26)(H,24,25). The molecule has 0 spiro atoms. The average Bonchev–Trinajstić information content (AvgIpc) is 2.92. The molecule has 0 saturated heterocycles. The van der Waals surface area contributed by atoms with Crippen molar-refractivity contribution in [3.05, 3.63) is 60.9 Å². The summed E-state index contributed by atoms with van der Waals surface area (Å²) in [6.07, 6.45) is 0. The molecule has 0 radical (unpaired) electrons. The predicted octanol–water partition coefficient (Wildman–Crippen LogP) is 6.19. The van der Waals surface area contributed by atoms with Crippen LogP contribution in [0.3, 0.4) is 0 Å². The van der Waals surface area contributed by atoms with Crippen molar-refractivity contribution >= 4 is 85.3 Å². The summed E-state index contributed by atoms with van der Waals surface area (Å²) in [4.78, 5) is 24.8. The van der Waals surface area contributed by atoms with Crippen molar-refractivity contribution in [3.8, 4) is 0 Å². The third-order valence-corrected chi connectivity index (χ3v) is 6.12. The van der Waals surface area contributed by atoms with Crippen LogP contribution in [0.5, 0.6) is 0 Å². The highest BCUT2D eigenvalue weighted by Crippen LogP contribution is 2.41. The summed E-state index contributed by atoms with van der Waals surface area (Å²) in [6, 6.07) is 8.42. The van der Waals surface area contributed by atoms with E-state index in [1.54, 1.807) is 30.3 Å². The second-order valence-corrected chi connectivity index (χ2v) is 8.41. The van der Waals surface area contributed by atoms with E-state index in [2.05, 4.69) is 10.6 Å². The van der Waals surface area contributed by atoms with E-state index in [-0.39, 0.29) is 22.4 Å². The summed E-state index contributed by atoms with van der Waals surface area (Å²) in [7, 11) is 0. The Labute approximate surface area is 179 Å². The largest absolute Gasteiger partial charge is 0.342 e. The van der Waals surface area contributed by atoms with Gasteiger partial charge in [0.25, 0.3) is 5.91 Å². The maximum Gasteiger partial charge on any atom is 0.263 e. The molecule has 1 heterocycles. The zero-order valence-corrected chi connectivity index (χ0v) is 17.7. The van der Waals surface area contributed by atoms with E-state index < -0.39 is 5.91 Å². The normalized spacial score (nSPS) is 10.9. The van der Waals surface area contributed by atoms with Crippen molar-refractivity contribution in [2.45, 2.75) is 6.92 Å². The van der Waals surface area contributed by atoms with Gasteiger partial charge >= 0.3 is 0 Å². The van der Waals surface area contributed by atoms with Crippen molar-refractivity contribution in [1.82, 2.24) is 5.32 Å². The summed E-state index contributed by atoms with van der Waals surface area (Å²) in [5.74, 6) is -0.849. The third-order valence-electron chi connectivity index (χ3n) is 3.74. The lowest BCUT2D eigenvalue weighted by Crippen LogP contribution is -2.32. The molecule has 140 valence electrons. The fraction of sp³-hybridized carbons (Fsp3) is 0.111. The lowest BCUT2D eigenvalue weighted by molar-refractivity contribution is -0.115. The van der Waals surface area contributed by atoms with Crippen LogP contribution in [0.1, 0.15) is 15.2 Å². The van der Waals surface area contributed by atoms with Gasteiger partial charge in [-0.3, -0.25) is 9.59 Å². The summed E-state index contributed by atoms with van der Waals surface area (Å²) >= 11 is 25.5. The SMILES string of the molecule is Cc1ccc(Cl)cc1NC(=O)CNC(=O)c1sc2cc(Cl)cc(Cl)c2c1Cl. The number of carbonyl (C=O) groups excluding carboxylic acids is 2. The van der Waals surface area contributed by atoms with E-state index in [4.69, 9.17) is 46.4 Å². The fourth-order valence-corrected chi connectivity index (χ4v) is 4.89. The van der Waals surface area contributed by atoms with Gasteiger partial charge in [-0.05, 0) is 36.8 Å². The number of fused-ring (bicyclic) bond motifs is 1. The molecule has 0 atom stereocenters. The van der Waals surface area contributed by atoms with Gasteiger partial charge in [0.2, 0.25) is 5.91 Å². The van der Waals surface area contributed by atoms with Crippen molar-refractivity contribution < 1.29 is 9.59 Å². The Morgan fingerprint density at radius 2 is 1.78 bits per heavy atom. The van der Waals surface area contributed by atoms with Gasteiger partial charge in [-0.25, -0.2) is 0 Å². The molecule has 0 bridgehead atoms. The number of hydrogen-bond donors (Lipinski definition) is 2. The minimum absolute atomic E-state index is 0.218. The highest BCUT2D eigenvalue weighted by molar-refractivity contribution is 7.21. The number of hydrogen-bond acceptors (Lipinski definition) is 3. The average molecular weight is 462 g/mol. The van der Waals surface area contributed by atoms with Crippen LogP contribution in [0.4, 0.5) is 5.69 Å². The second-order valence-electron chi connectivity index (χ2n) is 5.70. The molecule has 3 aromatic rings. The first-order valence-electron chi connectivity index (χ1n) is 7.67. The Kier molecular flexibility index (Phi) is 6.18. The Balaban J connectivity index is 1.71. The number of aryl methyl sites for hydroxylation is 1. The molecule has 0 unspecified atom stereocenters. The van der Waals surface area contributed by atoms with Crippen LogP contribution < -0.4 is 10.6 Å². The molecule has 2 N–H and O–H groups in total. The molecule has 0 aliphatic heterocycles. The minimum atomic E-state index is -0.466. The Hall–Kier alpha value is -1.50. The van der Waals surface area contributed by atoms with E-state index in [0.29, 0.717) is 30.8 Å². The van der Waals surface area contributed by atoms with Crippen LogP contribution in [-0.2, 0) is 4.79 Å². The number of carbonyl (C=O) groups is 2. The third kappa shape index (κ3) is 4.50. The monoisotopic (exact) mass is 460 g/mol. The molecule has 9 heteroatoms. The van der Waals surface area contributed by atoms with Gasteiger partial charge in [-0.2, -0.15) is 0 Å². The first-order chi connectivity index (χ1) is 12.8. The van der Waals surface area contributed by atoms with E-state index in [0.717, 1.165) is 16.9 Å². The van der Waals surface area contributed by atoms with Gasteiger partial charge in [0.05, 0.1) is 16.6 Å². The van der Waals surface area contributed by atoms with Crippen LogP contribution in [-0.4, -0.2) is 18.4 Å². The van der Waals surface area contributed by atoms with Crippen LogP contribution in [0.2, 0.25) is 20.1 Å². The molecule has 0 aliphatic rings. The topological polar surface area (TPSA) is 58.2 Å². The Morgan fingerprint density at radius 1 is 1.04 bits per heavy atom. The number of thiophene rings is 1. The zero-order chi connectivity index (χ0) is 19.7. The molecule has 0 aliphatic carbocycles. The van der Waals surface area contributed by atoms with Crippen molar-refractivity contribution in [2.24, 2.45) is 0 Å². The highest BCUT2D eigenvalue weighted by atomic mass is 35.5. The molecule has 0 saturated carbocycles. The smallest absolute Gasteiger partial charge is 0.263 e. The van der Waals surface area contributed by atoms with Crippen molar-refractivity contribution in [1.29, 1.82) is 0 Å². The van der Waals surface area contributed by atoms with Crippen LogP contribution in [0, 0.1) is 6.92 Å². The molecular formula is C18H12Cl4N2O2S. The molecule has 3 rings (SSSR count). The summed E-state index contributed by atoms with van der Waals surface area (Å²) in [5, 5.41) is 7.39. The summed E-state index contributed by atoms with van der Waals surface area (Å²) in [6.45, 7) is 1.63. The van der Waals surface area contributed by atoms with Crippen molar-refractivity contribution in [3.63, 3.8) is 0 Å². The van der Waals surface area contributed by atoms with Crippen LogP contribution in [0.25, 0.3) is 10.1 Å². The fourth-order valence-electron chi connectivity index (χ4n) is 2.42. The molecule has 2 amide bonds. The number of nitrogens with one attached hydrogen (secondary N) is 2. The first kappa shape index (κ1) is 20.2. The summed E-state index contributed by atoms with van der Waals surface area (Å²) in [5.41, 5.74) is 1.45. The molecule has 2 aromatic carbocycles. The van der Waals surface area contributed by atoms with Gasteiger partial charge in [-0.1, -0.05) is 52.5 Å². The zero-order valence-electron chi connectivity index (χ0n) is 13.8. The van der Waals surface area contributed by atoms with Crippen LogP contribution in [0.15, 0.2) is 30.3 Å². The molecule has 4 nitrogen and oxygen atoms in total. The van der Waals surface area contributed by atoms with Gasteiger partial charge in [0, 0.05) is 25.8 Å². The molecule has 27 heavy (non-hydrogen) atoms. The highest BCUT2D eigenvalue weighted by Gasteiger charge is 2.20. The van der Waals surface area contributed by atoms with Gasteiger partial charge in [0.1, 0.15) is 4.88 Å².